The highest BCUT2D eigenvalue weighted by atomic mass is 19.4. The van der Waals surface area contributed by atoms with Gasteiger partial charge >= 0.3 is 61.3 Å². The number of hydrogen-bond donors (Lipinski definition) is 2. The molecule has 80 heavy (non-hydrogen) atoms. The summed E-state index contributed by atoms with van der Waals surface area (Å²) in [7, 11) is 0. The molecular formula is C50H26BF24NO4. The summed E-state index contributed by atoms with van der Waals surface area (Å²) >= 11 is 0. The van der Waals surface area contributed by atoms with E-state index in [2.05, 4.69) is 0 Å². The van der Waals surface area contributed by atoms with Gasteiger partial charge in [0, 0.05) is 23.1 Å². The van der Waals surface area contributed by atoms with Crippen molar-refractivity contribution in [2.24, 2.45) is 0 Å². The van der Waals surface area contributed by atoms with Crippen LogP contribution in [0.15, 0.2) is 133 Å². The number of alkyl halides is 24. The zero-order chi connectivity index (χ0) is 60.3. The molecule has 0 atom stereocenters. The van der Waals surface area contributed by atoms with Crippen LogP contribution in [0.5, 0.6) is 0 Å². The summed E-state index contributed by atoms with van der Waals surface area (Å²) in [4.78, 5) is 22.7. The van der Waals surface area contributed by atoms with Gasteiger partial charge in [-0.15, -0.1) is 0 Å². The third kappa shape index (κ3) is 13.4. The van der Waals surface area contributed by atoms with Crippen LogP contribution in [0, 0.1) is 0 Å². The topological polar surface area (TPSA) is 78.5 Å². The summed E-state index contributed by atoms with van der Waals surface area (Å²) in [6, 6.07) is 8.56. The Bertz CT molecular complexity index is 3040. The van der Waals surface area contributed by atoms with E-state index in [4.69, 9.17) is 0 Å². The lowest BCUT2D eigenvalue weighted by Crippen LogP contribution is -2.75. The molecule has 0 spiro atoms. The molecule has 1 heterocycles. The first kappa shape index (κ1) is 61.3. The molecule has 5 nitrogen and oxygen atoms in total. The molecule has 0 aliphatic carbocycles. The Morgan fingerprint density at radius 3 is 0.875 bits per heavy atom. The van der Waals surface area contributed by atoms with Crippen molar-refractivity contribution >= 4 is 50.8 Å². The Morgan fingerprint density at radius 2 is 0.625 bits per heavy atom. The minimum absolute atomic E-state index is 0.115. The van der Waals surface area contributed by atoms with Crippen LogP contribution in [-0.2, 0) is 56.0 Å². The third-order valence-corrected chi connectivity index (χ3v) is 12.1. The fourth-order valence-corrected chi connectivity index (χ4v) is 8.63. The quantitative estimate of drug-likeness (QED) is 0.0903. The van der Waals surface area contributed by atoms with Crippen molar-refractivity contribution in [3.05, 3.63) is 195 Å². The molecule has 7 aromatic rings. The van der Waals surface area contributed by atoms with Gasteiger partial charge in [0.05, 0.1) is 50.1 Å². The smallest absolute Gasteiger partial charge is 0.416 e. The molecule has 2 N–H and O–H groups in total. The van der Waals surface area contributed by atoms with Crippen LogP contribution >= 0.6 is 0 Å². The van der Waals surface area contributed by atoms with E-state index in [-0.39, 0.29) is 11.3 Å². The lowest BCUT2D eigenvalue weighted by Gasteiger charge is -2.46. The summed E-state index contributed by atoms with van der Waals surface area (Å²) in [5.41, 5.74) is -28.4. The largest absolute Gasteiger partial charge is 0.478 e. The summed E-state index contributed by atoms with van der Waals surface area (Å²) in [6.45, 7) is 0.350. The first-order valence-electron chi connectivity index (χ1n) is 21.7. The number of benzene rings is 6. The number of halogens is 24. The second-order valence-electron chi connectivity index (χ2n) is 17.4. The Morgan fingerprint density at radius 1 is 0.350 bits per heavy atom. The monoisotopic (exact) mass is 1170 g/mol. The minimum Gasteiger partial charge on any atom is -0.478 e. The van der Waals surface area contributed by atoms with Gasteiger partial charge in [0.25, 0.3) is 5.69 Å². The maximum Gasteiger partial charge on any atom is 0.416 e. The van der Waals surface area contributed by atoms with Crippen molar-refractivity contribution in [2.45, 2.75) is 56.0 Å². The first-order valence-corrected chi connectivity index (χ1v) is 21.7. The number of pyridine rings is 1. The minimum atomic E-state index is -6.13. The van der Waals surface area contributed by atoms with E-state index >= 15 is 0 Å². The van der Waals surface area contributed by atoms with Crippen LogP contribution in [0.2, 0.25) is 0 Å². The van der Waals surface area contributed by atoms with E-state index in [1.807, 2.05) is 30.3 Å². The van der Waals surface area contributed by atoms with E-state index in [1.54, 1.807) is 16.7 Å². The van der Waals surface area contributed by atoms with E-state index < -0.39 is 207 Å². The number of carboxylic acids is 2. The van der Waals surface area contributed by atoms with Gasteiger partial charge in [-0.2, -0.15) is 132 Å². The molecule has 0 saturated heterocycles. The van der Waals surface area contributed by atoms with Crippen LogP contribution in [-0.4, -0.2) is 28.3 Å². The van der Waals surface area contributed by atoms with Crippen LogP contribution < -0.4 is 26.4 Å². The van der Waals surface area contributed by atoms with Crippen LogP contribution in [0.1, 0.15) is 70.9 Å². The molecule has 0 radical (unpaired) electrons. The molecule has 0 aliphatic rings. The zero-order valence-corrected chi connectivity index (χ0v) is 38.7. The Kier molecular flexibility index (Phi) is 16.0. The highest BCUT2D eigenvalue weighted by Gasteiger charge is 2.47. The molecule has 1 aromatic heterocycles. The van der Waals surface area contributed by atoms with Gasteiger partial charge in [-0.25, -0.2) is 9.59 Å². The Balaban J connectivity index is 0.000000370. The maximum atomic E-state index is 14.2. The van der Waals surface area contributed by atoms with E-state index in [0.717, 1.165) is 10.9 Å². The summed E-state index contributed by atoms with van der Waals surface area (Å²) < 4.78 is 342. The van der Waals surface area contributed by atoms with Crippen molar-refractivity contribution in [3.8, 4) is 0 Å². The lowest BCUT2D eigenvalue weighted by atomic mass is 9.12. The number of carbonyl (C=O) groups is 2. The normalized spacial score (nSPS) is 13.2. The van der Waals surface area contributed by atoms with Crippen molar-refractivity contribution in [2.75, 3.05) is 0 Å². The Labute approximate surface area is 430 Å². The average Bonchev–Trinajstić information content (AvgIpc) is 3.47. The third-order valence-electron chi connectivity index (χ3n) is 12.1. The SMILES string of the molecule is FC(F)(F)c1cc([B-](c2cc(C(F)(F)F)cc(C(F)(F)F)c2)(c2cc(C(F)(F)F)cc(C(F)(F)F)c2)c2cc(C(F)(F)F)cc(C(F)(F)F)c2)cc(C(F)(F)F)c1.O=C(O)c1ccc2ccc(C(=O)O)[n+](Cc3ccccc3)c2c1. The fourth-order valence-electron chi connectivity index (χ4n) is 8.63. The number of nitrogens with zero attached hydrogens (tertiary/aromatic N) is 1. The van der Waals surface area contributed by atoms with E-state index in [0.29, 0.717) is 12.1 Å². The van der Waals surface area contributed by atoms with E-state index in [9.17, 15) is 125 Å². The molecule has 30 heteroatoms. The predicted octanol–water partition coefficient (Wildman–Crippen LogP) is 13.8. The van der Waals surface area contributed by atoms with Gasteiger partial charge in [0.1, 0.15) is 6.15 Å². The summed E-state index contributed by atoms with van der Waals surface area (Å²) in [5, 5.41) is 19.4. The number of aromatic carboxylic acids is 2. The number of fused-ring (bicyclic) bond motifs is 1. The van der Waals surface area contributed by atoms with Gasteiger partial charge in [-0.3, -0.25) is 0 Å². The van der Waals surface area contributed by atoms with Crippen molar-refractivity contribution in [3.63, 3.8) is 0 Å². The zero-order valence-electron chi connectivity index (χ0n) is 38.7. The standard InChI is InChI=1S/C32H12BF24.C18H13NO4/c34-25(35,36)13-1-14(26(37,38)39)6-21(5-13)33(22-7-15(27(40,41)42)2-16(8-22)28(43,44)45,23-9-17(29(46,47)48)3-18(10-23)30(49,50)51)24-11-19(31(52,53)54)4-20(12-24)32(55,56)57;20-17(21)14-7-6-13-8-9-15(18(22)23)19(16(13)10-14)11-12-4-2-1-3-5-12/h1-12H;1-10H,11H2,(H-,20,21,22,23)/q-1;/p+1. The van der Waals surface area contributed by atoms with Gasteiger partial charge in [-0.1, -0.05) is 78.9 Å². The van der Waals surface area contributed by atoms with Gasteiger partial charge in [0.15, 0.2) is 6.54 Å². The second-order valence-corrected chi connectivity index (χ2v) is 17.4. The molecule has 0 amide bonds. The first-order chi connectivity index (χ1) is 36.3. The molecule has 0 saturated carbocycles. The van der Waals surface area contributed by atoms with Crippen molar-refractivity contribution < 1.29 is 130 Å². The fraction of sp³-hybridized carbons (Fsp3) is 0.180. The Hall–Kier alpha value is -7.95. The summed E-state index contributed by atoms with van der Waals surface area (Å²) in [5.74, 6) is -2.09. The molecule has 0 bridgehead atoms. The van der Waals surface area contributed by atoms with Crippen LogP contribution in [0.25, 0.3) is 10.9 Å². The number of hydrogen-bond acceptors (Lipinski definition) is 2. The molecule has 6 aromatic carbocycles. The van der Waals surface area contributed by atoms with Crippen LogP contribution in [0.3, 0.4) is 0 Å². The molecular weight excluding hydrogens is 1150 g/mol. The molecule has 0 aliphatic heterocycles. The molecule has 7 rings (SSSR count). The van der Waals surface area contributed by atoms with Gasteiger partial charge < -0.3 is 10.2 Å². The average molecular weight is 1170 g/mol. The molecule has 0 unspecified atom stereocenters. The lowest BCUT2D eigenvalue weighted by molar-refractivity contribution is -0.664. The molecule has 0 fully saturated rings. The number of carboxylic acid groups (broad SMARTS) is 2. The highest BCUT2D eigenvalue weighted by molar-refractivity contribution is 7.20. The van der Waals surface area contributed by atoms with Gasteiger partial charge in [-0.05, 0) is 42.5 Å². The van der Waals surface area contributed by atoms with Crippen LogP contribution in [0.4, 0.5) is 105 Å². The second kappa shape index (κ2) is 20.9. The molecule has 426 valence electrons. The number of aromatic nitrogens is 1. The van der Waals surface area contributed by atoms with E-state index in [1.165, 1.54) is 18.2 Å². The highest BCUT2D eigenvalue weighted by Crippen LogP contribution is 2.41. The predicted molar refractivity (Wildman–Crippen MR) is 234 cm³/mol. The number of rotatable bonds is 8. The van der Waals surface area contributed by atoms with Crippen molar-refractivity contribution in [1.29, 1.82) is 0 Å². The van der Waals surface area contributed by atoms with Gasteiger partial charge in [0.2, 0.25) is 5.52 Å². The van der Waals surface area contributed by atoms with Crippen molar-refractivity contribution in [1.82, 2.24) is 0 Å². The maximum absolute atomic E-state index is 14.2. The summed E-state index contributed by atoms with van der Waals surface area (Å²) in [6.07, 6.45) is -54.8.